The van der Waals surface area contributed by atoms with Crippen molar-refractivity contribution in [2.45, 2.75) is 11.3 Å². The van der Waals surface area contributed by atoms with E-state index in [4.69, 9.17) is 4.74 Å². The Hall–Kier alpha value is -3.40. The van der Waals surface area contributed by atoms with Crippen molar-refractivity contribution in [3.8, 4) is 5.75 Å². The first-order valence-electron chi connectivity index (χ1n) is 8.56. The van der Waals surface area contributed by atoms with Gasteiger partial charge in [-0.15, -0.1) is 0 Å². The van der Waals surface area contributed by atoms with Crippen molar-refractivity contribution < 1.29 is 32.3 Å². The highest BCUT2D eigenvalue weighted by atomic mass is 32.2. The van der Waals surface area contributed by atoms with Gasteiger partial charge in [0.25, 0.3) is 5.91 Å². The van der Waals surface area contributed by atoms with Crippen molar-refractivity contribution in [1.29, 1.82) is 0 Å². The number of anilines is 2. The topological polar surface area (TPSA) is 128 Å². The molecule has 0 saturated carbocycles. The van der Waals surface area contributed by atoms with Crippen molar-refractivity contribution in [3.63, 3.8) is 0 Å². The summed E-state index contributed by atoms with van der Waals surface area (Å²) in [6.45, 7) is -0.125. The van der Waals surface area contributed by atoms with Crippen molar-refractivity contribution in [1.82, 2.24) is 0 Å². The van der Waals surface area contributed by atoms with E-state index in [1.54, 1.807) is 0 Å². The molecule has 10 heteroatoms. The third-order valence-electron chi connectivity index (χ3n) is 4.13. The fraction of sp³-hybridized carbons (Fsp3) is 0.211. The minimum atomic E-state index is -3.75. The number of amides is 2. The zero-order chi connectivity index (χ0) is 21.0. The number of esters is 1. The summed E-state index contributed by atoms with van der Waals surface area (Å²) in [7, 11) is -2.48. The quantitative estimate of drug-likeness (QED) is 0.682. The van der Waals surface area contributed by atoms with E-state index in [1.807, 2.05) is 0 Å². The fourth-order valence-electron chi connectivity index (χ4n) is 2.63. The molecule has 0 atom stereocenters. The third-order valence-corrected chi connectivity index (χ3v) is 5.84. The summed E-state index contributed by atoms with van der Waals surface area (Å²) >= 11 is 0. The molecule has 1 heterocycles. The second-order valence-corrected chi connectivity index (χ2v) is 8.29. The molecule has 0 radical (unpaired) electrons. The summed E-state index contributed by atoms with van der Waals surface area (Å²) in [5, 5.41) is 5.12. The molecule has 29 heavy (non-hydrogen) atoms. The number of rotatable bonds is 6. The van der Waals surface area contributed by atoms with Gasteiger partial charge >= 0.3 is 5.97 Å². The van der Waals surface area contributed by atoms with Crippen LogP contribution >= 0.6 is 0 Å². The predicted molar refractivity (Wildman–Crippen MR) is 104 cm³/mol. The smallest absolute Gasteiger partial charge is 0.337 e. The van der Waals surface area contributed by atoms with Crippen LogP contribution in [0.2, 0.25) is 0 Å². The molecule has 2 amide bonds. The van der Waals surface area contributed by atoms with Crippen LogP contribution < -0.4 is 15.4 Å². The van der Waals surface area contributed by atoms with Gasteiger partial charge in [-0.3, -0.25) is 9.59 Å². The lowest BCUT2D eigenvalue weighted by molar-refractivity contribution is -0.118. The van der Waals surface area contributed by atoms with E-state index in [0.29, 0.717) is 17.0 Å². The standard InChI is InChI=1S/C19H18N2O7S/c1-27-19(24)12-2-4-13(5-3-12)20-17(22)8-9-29(25,26)14-6-7-16-15(10-14)21-18(23)11-28-16/h2-7,10H,8-9,11H2,1H3,(H,20,22)(H,21,23). The van der Waals surface area contributed by atoms with Crippen LogP contribution in [0.1, 0.15) is 16.8 Å². The molecule has 0 saturated heterocycles. The number of carbonyl (C=O) groups is 3. The molecule has 3 rings (SSSR count). The van der Waals surface area contributed by atoms with Crippen molar-refractivity contribution in [2.75, 3.05) is 30.1 Å². The number of carbonyl (C=O) groups excluding carboxylic acids is 3. The number of methoxy groups -OCH3 is 1. The van der Waals surface area contributed by atoms with Crippen LogP contribution in [0, 0.1) is 0 Å². The van der Waals surface area contributed by atoms with Crippen molar-refractivity contribution in [3.05, 3.63) is 48.0 Å². The van der Waals surface area contributed by atoms with Crippen LogP contribution in [0.4, 0.5) is 11.4 Å². The van der Waals surface area contributed by atoms with Crippen molar-refractivity contribution >= 4 is 39.0 Å². The fourth-order valence-corrected chi connectivity index (χ4v) is 3.89. The van der Waals surface area contributed by atoms with Crippen LogP contribution in [0.25, 0.3) is 0 Å². The van der Waals surface area contributed by atoms with E-state index < -0.39 is 27.5 Å². The number of hydrogen-bond acceptors (Lipinski definition) is 7. The molecule has 152 valence electrons. The Morgan fingerprint density at radius 3 is 2.59 bits per heavy atom. The summed E-state index contributed by atoms with van der Waals surface area (Å²) in [4.78, 5) is 34.9. The Bertz CT molecular complexity index is 1060. The van der Waals surface area contributed by atoms with Gasteiger partial charge in [-0.25, -0.2) is 13.2 Å². The lowest BCUT2D eigenvalue weighted by atomic mass is 10.2. The summed E-state index contributed by atoms with van der Waals surface area (Å²) in [5.41, 5.74) is 1.03. The molecular weight excluding hydrogens is 400 g/mol. The van der Waals surface area contributed by atoms with E-state index in [9.17, 15) is 22.8 Å². The van der Waals surface area contributed by atoms with Crippen LogP contribution in [-0.2, 0) is 24.2 Å². The average Bonchev–Trinajstić information content (AvgIpc) is 2.71. The van der Waals surface area contributed by atoms with Crippen LogP contribution in [0.3, 0.4) is 0 Å². The molecule has 2 aromatic carbocycles. The van der Waals surface area contributed by atoms with Gasteiger partial charge in [-0.2, -0.15) is 0 Å². The monoisotopic (exact) mass is 418 g/mol. The zero-order valence-electron chi connectivity index (χ0n) is 15.4. The first kappa shape index (κ1) is 20.3. The maximum Gasteiger partial charge on any atom is 0.337 e. The molecular formula is C19H18N2O7S. The average molecular weight is 418 g/mol. The molecule has 0 bridgehead atoms. The normalized spacial score (nSPS) is 12.9. The maximum atomic E-state index is 12.5. The summed E-state index contributed by atoms with van der Waals surface area (Å²) in [6.07, 6.45) is -0.263. The Morgan fingerprint density at radius 1 is 1.17 bits per heavy atom. The Balaban J connectivity index is 1.61. The Morgan fingerprint density at radius 2 is 1.90 bits per heavy atom. The van der Waals surface area contributed by atoms with Gasteiger partial charge in [-0.1, -0.05) is 0 Å². The number of nitrogens with one attached hydrogen (secondary N) is 2. The Kier molecular flexibility index (Phi) is 5.83. The molecule has 0 aliphatic carbocycles. The molecule has 1 aliphatic heterocycles. The van der Waals surface area contributed by atoms with Gasteiger partial charge in [0.05, 0.1) is 29.0 Å². The molecule has 0 spiro atoms. The SMILES string of the molecule is COC(=O)c1ccc(NC(=O)CCS(=O)(=O)c2ccc3c(c2)NC(=O)CO3)cc1. The van der Waals surface area contributed by atoms with Crippen LogP contribution in [-0.4, -0.2) is 45.7 Å². The third kappa shape index (κ3) is 4.91. The van der Waals surface area contributed by atoms with Gasteiger partial charge in [0, 0.05) is 12.1 Å². The molecule has 2 N–H and O–H groups in total. The minimum Gasteiger partial charge on any atom is -0.482 e. The predicted octanol–water partition coefficient (Wildman–Crippen LogP) is 1.61. The van der Waals surface area contributed by atoms with Crippen molar-refractivity contribution in [2.24, 2.45) is 0 Å². The molecule has 0 aromatic heterocycles. The second kappa shape index (κ2) is 8.31. The van der Waals surface area contributed by atoms with Crippen LogP contribution in [0.5, 0.6) is 5.75 Å². The Labute approximate surface area is 166 Å². The van der Waals surface area contributed by atoms with E-state index >= 15 is 0 Å². The van der Waals surface area contributed by atoms with E-state index in [0.717, 1.165) is 0 Å². The van der Waals surface area contributed by atoms with Gasteiger partial charge < -0.3 is 20.1 Å². The first-order chi connectivity index (χ1) is 13.8. The van der Waals surface area contributed by atoms with Crippen LogP contribution in [0.15, 0.2) is 47.4 Å². The highest BCUT2D eigenvalue weighted by Gasteiger charge is 2.22. The highest BCUT2D eigenvalue weighted by Crippen LogP contribution is 2.30. The number of fused-ring (bicyclic) bond motifs is 1. The zero-order valence-corrected chi connectivity index (χ0v) is 16.2. The summed E-state index contributed by atoms with van der Waals surface area (Å²) in [6, 6.07) is 10.2. The molecule has 1 aliphatic rings. The van der Waals surface area contributed by atoms with E-state index in [1.165, 1.54) is 49.6 Å². The minimum absolute atomic E-state index is 0.0164. The summed E-state index contributed by atoms with van der Waals surface area (Å²) in [5.74, 6) is -1.39. The van der Waals surface area contributed by atoms with Gasteiger partial charge in [-0.05, 0) is 42.5 Å². The largest absolute Gasteiger partial charge is 0.482 e. The lowest BCUT2D eigenvalue weighted by Gasteiger charge is -2.18. The second-order valence-electron chi connectivity index (χ2n) is 6.18. The summed E-state index contributed by atoms with van der Waals surface area (Å²) < 4.78 is 34.8. The maximum absolute atomic E-state index is 12.5. The number of hydrogen-bond donors (Lipinski definition) is 2. The first-order valence-corrected chi connectivity index (χ1v) is 10.2. The number of benzene rings is 2. The van der Waals surface area contributed by atoms with Gasteiger partial charge in [0.1, 0.15) is 5.75 Å². The molecule has 0 unspecified atom stereocenters. The molecule has 9 nitrogen and oxygen atoms in total. The molecule has 2 aromatic rings. The lowest BCUT2D eigenvalue weighted by Crippen LogP contribution is -2.25. The van der Waals surface area contributed by atoms with Gasteiger partial charge in [0.15, 0.2) is 16.4 Å². The van der Waals surface area contributed by atoms with E-state index in [2.05, 4.69) is 15.4 Å². The van der Waals surface area contributed by atoms with Gasteiger partial charge in [0.2, 0.25) is 5.91 Å². The van der Waals surface area contributed by atoms with E-state index in [-0.39, 0.29) is 29.5 Å². The number of ether oxygens (including phenoxy) is 2. The molecule has 0 fully saturated rings. The number of sulfone groups is 1. The highest BCUT2D eigenvalue weighted by molar-refractivity contribution is 7.91.